The molecule has 1 atom stereocenters. The van der Waals surface area contributed by atoms with Gasteiger partial charge in [-0.05, 0) is 43.7 Å². The first-order valence-electron chi connectivity index (χ1n) is 7.77. The molecule has 0 aliphatic heterocycles. The predicted octanol–water partition coefficient (Wildman–Crippen LogP) is 3.99. The SMILES string of the molecule is Cc1c(C)n(CC(O)CSc2cccc(N)c2)c2ccccc12. The number of thioether (sulfide) groups is 1. The predicted molar refractivity (Wildman–Crippen MR) is 99.0 cm³/mol. The Bertz CT molecular complexity index is 825. The van der Waals surface area contributed by atoms with Gasteiger partial charge in [0, 0.05) is 39.5 Å². The number of rotatable bonds is 5. The third-order valence-electron chi connectivity index (χ3n) is 4.24. The van der Waals surface area contributed by atoms with Gasteiger partial charge in [-0.1, -0.05) is 24.3 Å². The number of nitrogen functional groups attached to an aromatic ring is 1. The van der Waals surface area contributed by atoms with Gasteiger partial charge in [-0.3, -0.25) is 0 Å². The van der Waals surface area contributed by atoms with Crippen LogP contribution in [-0.4, -0.2) is 21.5 Å². The normalized spacial score (nSPS) is 12.7. The first-order valence-corrected chi connectivity index (χ1v) is 8.75. The highest BCUT2D eigenvalue weighted by molar-refractivity contribution is 7.99. The molecular weight excluding hydrogens is 304 g/mol. The fourth-order valence-electron chi connectivity index (χ4n) is 2.90. The van der Waals surface area contributed by atoms with E-state index in [-0.39, 0.29) is 0 Å². The number of hydrogen-bond acceptors (Lipinski definition) is 3. The van der Waals surface area contributed by atoms with Crippen molar-refractivity contribution in [1.29, 1.82) is 0 Å². The third kappa shape index (κ3) is 3.38. The zero-order valence-corrected chi connectivity index (χ0v) is 14.3. The van der Waals surface area contributed by atoms with Gasteiger partial charge in [0.1, 0.15) is 0 Å². The highest BCUT2D eigenvalue weighted by atomic mass is 32.2. The molecule has 0 amide bonds. The molecule has 1 heterocycles. The van der Waals surface area contributed by atoms with Crippen molar-refractivity contribution in [3.8, 4) is 0 Å². The molecule has 120 valence electrons. The molecule has 0 bridgehead atoms. The van der Waals surface area contributed by atoms with E-state index in [4.69, 9.17) is 5.73 Å². The molecule has 4 heteroatoms. The molecule has 3 nitrogen and oxygen atoms in total. The fraction of sp³-hybridized carbons (Fsp3) is 0.263. The number of nitrogens with zero attached hydrogens (tertiary/aromatic N) is 1. The molecule has 0 spiro atoms. The summed E-state index contributed by atoms with van der Waals surface area (Å²) >= 11 is 1.64. The zero-order valence-electron chi connectivity index (χ0n) is 13.5. The van der Waals surface area contributed by atoms with E-state index in [1.54, 1.807) is 11.8 Å². The Morgan fingerprint density at radius 2 is 1.91 bits per heavy atom. The van der Waals surface area contributed by atoms with Crippen LogP contribution < -0.4 is 5.73 Å². The topological polar surface area (TPSA) is 51.2 Å². The lowest BCUT2D eigenvalue weighted by molar-refractivity contribution is 0.179. The largest absolute Gasteiger partial charge is 0.399 e. The second-order valence-electron chi connectivity index (χ2n) is 5.88. The number of nitrogens with two attached hydrogens (primary N) is 1. The molecule has 0 fully saturated rings. The third-order valence-corrected chi connectivity index (χ3v) is 5.38. The van der Waals surface area contributed by atoms with Gasteiger partial charge < -0.3 is 15.4 Å². The Balaban J connectivity index is 1.73. The van der Waals surface area contributed by atoms with E-state index in [0.717, 1.165) is 10.6 Å². The summed E-state index contributed by atoms with van der Waals surface area (Å²) in [7, 11) is 0. The van der Waals surface area contributed by atoms with E-state index in [2.05, 4.69) is 36.6 Å². The molecular formula is C19H22N2OS. The van der Waals surface area contributed by atoms with Crippen LogP contribution in [0.3, 0.4) is 0 Å². The monoisotopic (exact) mass is 326 g/mol. The summed E-state index contributed by atoms with van der Waals surface area (Å²) in [4.78, 5) is 1.09. The zero-order chi connectivity index (χ0) is 16.4. The number of aryl methyl sites for hydroxylation is 1. The van der Waals surface area contributed by atoms with Gasteiger partial charge in [0.05, 0.1) is 6.10 Å². The van der Waals surface area contributed by atoms with Gasteiger partial charge in [0.15, 0.2) is 0 Å². The van der Waals surface area contributed by atoms with Gasteiger partial charge in [0.25, 0.3) is 0 Å². The lowest BCUT2D eigenvalue weighted by atomic mass is 10.2. The van der Waals surface area contributed by atoms with Gasteiger partial charge in [-0.15, -0.1) is 11.8 Å². The number of anilines is 1. The summed E-state index contributed by atoms with van der Waals surface area (Å²) in [6.07, 6.45) is -0.407. The second-order valence-corrected chi connectivity index (χ2v) is 6.97. The van der Waals surface area contributed by atoms with Crippen molar-refractivity contribution in [2.45, 2.75) is 31.4 Å². The molecule has 1 aromatic heterocycles. The van der Waals surface area contributed by atoms with Crippen molar-refractivity contribution in [2.24, 2.45) is 0 Å². The highest BCUT2D eigenvalue weighted by Crippen LogP contribution is 2.26. The van der Waals surface area contributed by atoms with Crippen LogP contribution in [0.4, 0.5) is 5.69 Å². The minimum atomic E-state index is -0.407. The van der Waals surface area contributed by atoms with Crippen molar-refractivity contribution < 1.29 is 5.11 Å². The number of aliphatic hydroxyl groups is 1. The van der Waals surface area contributed by atoms with Crippen LogP contribution >= 0.6 is 11.8 Å². The summed E-state index contributed by atoms with van der Waals surface area (Å²) in [5, 5.41) is 11.7. The first-order chi connectivity index (χ1) is 11.1. The lowest BCUT2D eigenvalue weighted by Crippen LogP contribution is -2.19. The number of aromatic nitrogens is 1. The van der Waals surface area contributed by atoms with Crippen molar-refractivity contribution >= 4 is 28.4 Å². The van der Waals surface area contributed by atoms with Crippen LogP contribution in [0.5, 0.6) is 0 Å². The van der Waals surface area contributed by atoms with Crippen LogP contribution in [0.2, 0.25) is 0 Å². The Kier molecular flexibility index (Phi) is 4.64. The van der Waals surface area contributed by atoms with Crippen molar-refractivity contribution in [2.75, 3.05) is 11.5 Å². The molecule has 0 radical (unpaired) electrons. The van der Waals surface area contributed by atoms with Gasteiger partial charge in [-0.2, -0.15) is 0 Å². The van der Waals surface area contributed by atoms with Gasteiger partial charge >= 0.3 is 0 Å². The average molecular weight is 326 g/mol. The first kappa shape index (κ1) is 16.0. The molecule has 3 aromatic rings. The molecule has 0 aliphatic rings. The molecule has 23 heavy (non-hydrogen) atoms. The smallest absolute Gasteiger partial charge is 0.0812 e. The molecule has 2 aromatic carbocycles. The average Bonchev–Trinajstić information content (AvgIpc) is 2.79. The summed E-state index contributed by atoms with van der Waals surface area (Å²) in [5.41, 5.74) is 10.3. The summed E-state index contributed by atoms with van der Waals surface area (Å²) in [6.45, 7) is 4.87. The minimum absolute atomic E-state index is 0.407. The molecule has 0 saturated heterocycles. The lowest BCUT2D eigenvalue weighted by Gasteiger charge is -2.14. The number of benzene rings is 2. The van der Waals surface area contributed by atoms with Crippen LogP contribution in [-0.2, 0) is 6.54 Å². The second kappa shape index (κ2) is 6.69. The summed E-state index contributed by atoms with van der Waals surface area (Å²) < 4.78 is 2.22. The van der Waals surface area contributed by atoms with Crippen molar-refractivity contribution in [1.82, 2.24) is 4.57 Å². The van der Waals surface area contributed by atoms with Crippen LogP contribution in [0.1, 0.15) is 11.3 Å². The Morgan fingerprint density at radius 1 is 1.13 bits per heavy atom. The number of fused-ring (bicyclic) bond motifs is 1. The maximum atomic E-state index is 10.5. The molecule has 3 rings (SSSR count). The van der Waals surface area contributed by atoms with Crippen molar-refractivity contribution in [3.63, 3.8) is 0 Å². The van der Waals surface area contributed by atoms with E-state index in [9.17, 15) is 5.11 Å². The quantitative estimate of drug-likeness (QED) is 0.550. The highest BCUT2D eigenvalue weighted by Gasteiger charge is 2.14. The van der Waals surface area contributed by atoms with Gasteiger partial charge in [0.2, 0.25) is 0 Å². The maximum Gasteiger partial charge on any atom is 0.0812 e. The van der Waals surface area contributed by atoms with Crippen LogP contribution in [0, 0.1) is 13.8 Å². The van der Waals surface area contributed by atoms with Crippen molar-refractivity contribution in [3.05, 3.63) is 59.8 Å². The van der Waals surface area contributed by atoms with E-state index in [0.29, 0.717) is 12.3 Å². The summed E-state index contributed by atoms with van der Waals surface area (Å²) in [5.74, 6) is 0.647. The Labute approximate surface area is 141 Å². The van der Waals surface area contributed by atoms with E-state index >= 15 is 0 Å². The number of hydrogen-bond donors (Lipinski definition) is 2. The van der Waals surface area contributed by atoms with Crippen LogP contribution in [0.25, 0.3) is 10.9 Å². The Hall–Kier alpha value is -1.91. The summed E-state index contributed by atoms with van der Waals surface area (Å²) in [6, 6.07) is 16.1. The van der Waals surface area contributed by atoms with E-state index < -0.39 is 6.10 Å². The van der Waals surface area contributed by atoms with Crippen LogP contribution in [0.15, 0.2) is 53.4 Å². The van der Waals surface area contributed by atoms with E-state index in [1.807, 2.05) is 30.3 Å². The minimum Gasteiger partial charge on any atom is -0.399 e. The van der Waals surface area contributed by atoms with Gasteiger partial charge in [-0.25, -0.2) is 0 Å². The molecule has 0 saturated carbocycles. The Morgan fingerprint density at radius 3 is 2.70 bits per heavy atom. The van der Waals surface area contributed by atoms with E-state index in [1.165, 1.54) is 22.2 Å². The molecule has 1 unspecified atom stereocenters. The molecule has 0 aliphatic carbocycles. The fourth-order valence-corrected chi connectivity index (χ4v) is 3.78. The molecule has 3 N–H and O–H groups in total. The number of para-hydroxylation sites is 1. The standard InChI is InChI=1S/C19H22N2OS/c1-13-14(2)21(19-9-4-3-8-18(13)19)11-16(22)12-23-17-7-5-6-15(20)10-17/h3-10,16,22H,11-12,20H2,1-2H3. The number of aliphatic hydroxyl groups excluding tert-OH is 1. The maximum absolute atomic E-state index is 10.5.